The Morgan fingerprint density at radius 3 is 2.59 bits per heavy atom. The van der Waals surface area contributed by atoms with Gasteiger partial charge in [-0.3, -0.25) is 0 Å². The number of hydrogen-bond acceptors (Lipinski definition) is 1. The van der Waals surface area contributed by atoms with Crippen molar-refractivity contribution in [2.75, 3.05) is 0 Å². The Balaban J connectivity index is 2.24. The van der Waals surface area contributed by atoms with Gasteiger partial charge < -0.3 is 4.57 Å². The molecule has 2 aromatic rings. The van der Waals surface area contributed by atoms with Crippen molar-refractivity contribution in [3.63, 3.8) is 0 Å². The molecule has 0 saturated heterocycles. The van der Waals surface area contributed by atoms with Gasteiger partial charge >= 0.3 is 0 Å². The molecule has 1 aromatic heterocycles. The van der Waals surface area contributed by atoms with Crippen LogP contribution < -0.4 is 0 Å². The molecule has 1 heterocycles. The maximum absolute atomic E-state index is 13.1. The lowest BCUT2D eigenvalue weighted by molar-refractivity contribution is 0.506. The monoisotopic (exact) mass is 236 g/mol. The molecule has 0 atom stereocenters. The van der Waals surface area contributed by atoms with Crippen molar-refractivity contribution in [2.24, 2.45) is 0 Å². The first-order chi connectivity index (χ1) is 8.10. The molecule has 90 valence electrons. The molecule has 0 radical (unpaired) electrons. The molecular weight excluding hydrogens is 222 g/mol. The lowest BCUT2D eigenvalue weighted by atomic mass is 10.2. The number of halogens is 2. The minimum Gasteiger partial charge on any atom is -0.330 e. The first-order valence-corrected chi connectivity index (χ1v) is 5.56. The van der Waals surface area contributed by atoms with Gasteiger partial charge in [0.15, 0.2) is 11.6 Å². The molecule has 0 N–H and O–H groups in total. The van der Waals surface area contributed by atoms with Crippen LogP contribution in [0.15, 0.2) is 24.4 Å². The van der Waals surface area contributed by atoms with Crippen molar-refractivity contribution in [3.05, 3.63) is 53.1 Å². The number of rotatable bonds is 3. The molecule has 0 fully saturated rings. The van der Waals surface area contributed by atoms with Gasteiger partial charge in [-0.1, -0.05) is 13.0 Å². The predicted octanol–water partition coefficient (Wildman–Crippen LogP) is 3.08. The average Bonchev–Trinajstić information content (AvgIpc) is 2.65. The molecule has 2 rings (SSSR count). The summed E-state index contributed by atoms with van der Waals surface area (Å²) >= 11 is 0. The Morgan fingerprint density at radius 2 is 2.00 bits per heavy atom. The van der Waals surface area contributed by atoms with E-state index in [2.05, 4.69) is 4.98 Å². The van der Waals surface area contributed by atoms with Gasteiger partial charge in [-0.25, -0.2) is 13.8 Å². The summed E-state index contributed by atoms with van der Waals surface area (Å²) in [6.07, 6.45) is 2.81. The van der Waals surface area contributed by atoms with Crippen LogP contribution in [0.3, 0.4) is 0 Å². The maximum Gasteiger partial charge on any atom is 0.159 e. The van der Waals surface area contributed by atoms with Gasteiger partial charge in [-0.05, 0) is 31.0 Å². The van der Waals surface area contributed by atoms with Crippen molar-refractivity contribution in [3.8, 4) is 0 Å². The van der Waals surface area contributed by atoms with E-state index in [9.17, 15) is 8.78 Å². The maximum atomic E-state index is 13.1. The number of nitrogens with zero attached hydrogens (tertiary/aromatic N) is 2. The summed E-state index contributed by atoms with van der Waals surface area (Å²) in [7, 11) is 0. The van der Waals surface area contributed by atoms with Crippen molar-refractivity contribution in [1.29, 1.82) is 0 Å². The molecule has 0 amide bonds. The Bertz CT molecular complexity index is 532. The largest absolute Gasteiger partial charge is 0.330 e. The molecule has 2 nitrogen and oxygen atoms in total. The first kappa shape index (κ1) is 11.8. The second-order valence-electron chi connectivity index (χ2n) is 4.01. The number of hydrogen-bond donors (Lipinski definition) is 0. The Morgan fingerprint density at radius 1 is 1.24 bits per heavy atom. The summed E-state index contributed by atoms with van der Waals surface area (Å²) < 4.78 is 27.8. The Hall–Kier alpha value is -1.71. The van der Waals surface area contributed by atoms with Crippen LogP contribution in [0.4, 0.5) is 8.78 Å². The lowest BCUT2D eigenvalue weighted by Gasteiger charge is -2.05. The van der Waals surface area contributed by atoms with E-state index >= 15 is 0 Å². The van der Waals surface area contributed by atoms with Gasteiger partial charge in [0.25, 0.3) is 0 Å². The van der Waals surface area contributed by atoms with Crippen LogP contribution in [0.2, 0.25) is 0 Å². The second-order valence-corrected chi connectivity index (χ2v) is 4.01. The van der Waals surface area contributed by atoms with Crippen molar-refractivity contribution < 1.29 is 8.78 Å². The summed E-state index contributed by atoms with van der Waals surface area (Å²) in [6.45, 7) is 4.44. The topological polar surface area (TPSA) is 17.8 Å². The Kier molecular flexibility index (Phi) is 3.22. The fraction of sp³-hybridized carbons (Fsp3) is 0.308. The van der Waals surface area contributed by atoms with E-state index in [1.807, 2.05) is 24.6 Å². The summed E-state index contributed by atoms with van der Waals surface area (Å²) in [5.41, 5.74) is 1.73. The summed E-state index contributed by atoms with van der Waals surface area (Å²) in [6, 6.07) is 3.96. The summed E-state index contributed by atoms with van der Waals surface area (Å²) in [5.74, 6) is -0.743. The van der Waals surface area contributed by atoms with E-state index in [1.165, 1.54) is 6.07 Å². The molecule has 0 spiro atoms. The van der Waals surface area contributed by atoms with Crippen LogP contribution in [0.5, 0.6) is 0 Å². The third kappa shape index (κ3) is 2.52. The minimum absolute atomic E-state index is 0.510. The van der Waals surface area contributed by atoms with Gasteiger partial charge in [-0.15, -0.1) is 0 Å². The predicted molar refractivity (Wildman–Crippen MR) is 61.8 cm³/mol. The summed E-state index contributed by atoms with van der Waals surface area (Å²) in [5, 5.41) is 0. The van der Waals surface area contributed by atoms with Crippen LogP contribution in [0.25, 0.3) is 0 Å². The van der Waals surface area contributed by atoms with Gasteiger partial charge in [0.05, 0.1) is 5.69 Å². The van der Waals surface area contributed by atoms with Crippen molar-refractivity contribution in [1.82, 2.24) is 9.55 Å². The molecule has 4 heteroatoms. The third-order valence-corrected chi connectivity index (χ3v) is 2.73. The number of aromatic nitrogens is 2. The SMILES string of the molecule is CCc1cn(Cc2ccc(F)c(F)c2)c(C)n1. The third-order valence-electron chi connectivity index (χ3n) is 2.73. The average molecular weight is 236 g/mol. The molecule has 1 aromatic carbocycles. The van der Waals surface area contributed by atoms with Crippen LogP contribution in [0.1, 0.15) is 24.0 Å². The van der Waals surface area contributed by atoms with Crippen molar-refractivity contribution in [2.45, 2.75) is 26.8 Å². The minimum atomic E-state index is -0.814. The zero-order valence-corrected chi connectivity index (χ0v) is 9.87. The molecule has 0 bridgehead atoms. The van der Waals surface area contributed by atoms with E-state index in [0.29, 0.717) is 6.54 Å². The van der Waals surface area contributed by atoms with Crippen LogP contribution in [-0.2, 0) is 13.0 Å². The highest BCUT2D eigenvalue weighted by molar-refractivity contribution is 5.19. The molecule has 0 aliphatic heterocycles. The fourth-order valence-corrected chi connectivity index (χ4v) is 1.74. The molecule has 17 heavy (non-hydrogen) atoms. The zero-order chi connectivity index (χ0) is 12.4. The highest BCUT2D eigenvalue weighted by atomic mass is 19.2. The van der Waals surface area contributed by atoms with Gasteiger partial charge in [0, 0.05) is 12.7 Å². The fourth-order valence-electron chi connectivity index (χ4n) is 1.74. The molecule has 0 unspecified atom stereocenters. The zero-order valence-electron chi connectivity index (χ0n) is 9.87. The van der Waals surface area contributed by atoms with Gasteiger partial charge in [-0.2, -0.15) is 0 Å². The van der Waals surface area contributed by atoms with Crippen LogP contribution in [-0.4, -0.2) is 9.55 Å². The van der Waals surface area contributed by atoms with E-state index < -0.39 is 11.6 Å². The van der Waals surface area contributed by atoms with Gasteiger partial charge in [0.2, 0.25) is 0 Å². The highest BCUT2D eigenvalue weighted by Crippen LogP contribution is 2.12. The van der Waals surface area contributed by atoms with Crippen molar-refractivity contribution >= 4 is 0 Å². The molecule has 0 aliphatic rings. The van der Waals surface area contributed by atoms with E-state index in [4.69, 9.17) is 0 Å². The van der Waals surface area contributed by atoms with Crippen LogP contribution in [0, 0.1) is 18.6 Å². The number of imidazole rings is 1. The van der Waals surface area contributed by atoms with E-state index in [-0.39, 0.29) is 0 Å². The quantitative estimate of drug-likeness (QED) is 0.800. The molecule has 0 saturated carbocycles. The van der Waals surface area contributed by atoms with Gasteiger partial charge in [0.1, 0.15) is 5.82 Å². The summed E-state index contributed by atoms with van der Waals surface area (Å²) in [4.78, 5) is 4.36. The van der Waals surface area contributed by atoms with E-state index in [1.54, 1.807) is 6.07 Å². The van der Waals surface area contributed by atoms with E-state index in [0.717, 1.165) is 29.6 Å². The number of benzene rings is 1. The smallest absolute Gasteiger partial charge is 0.159 e. The number of aryl methyl sites for hydroxylation is 2. The Labute approximate surface area is 98.9 Å². The molecule has 0 aliphatic carbocycles. The normalized spacial score (nSPS) is 10.8. The lowest BCUT2D eigenvalue weighted by Crippen LogP contribution is -2.01. The standard InChI is InChI=1S/C13H14F2N2/c1-3-11-8-17(9(2)16-11)7-10-4-5-12(14)13(15)6-10/h4-6,8H,3,7H2,1-2H3. The highest BCUT2D eigenvalue weighted by Gasteiger charge is 2.06. The first-order valence-electron chi connectivity index (χ1n) is 5.56. The second kappa shape index (κ2) is 4.65. The van der Waals surface area contributed by atoms with Crippen LogP contribution >= 0.6 is 0 Å². The molecular formula is C13H14F2N2.